The summed E-state index contributed by atoms with van der Waals surface area (Å²) in [5, 5.41) is 8.38. The monoisotopic (exact) mass is 174 g/mol. The van der Waals surface area contributed by atoms with Crippen molar-refractivity contribution in [1.29, 1.82) is 0 Å². The number of carbonyl (C=O) groups excluding carboxylic acids is 1. The van der Waals surface area contributed by atoms with Crippen molar-refractivity contribution < 1.29 is 19.4 Å². The normalized spacial score (nSPS) is 11.1. The Kier molecular flexibility index (Phi) is 6.09. The number of ether oxygens (including phenoxy) is 2. The number of rotatable bonds is 5. The Morgan fingerprint density at radius 3 is 2.67 bits per heavy atom. The molecule has 0 aromatic heterocycles. The number of hydrogen-bond acceptors (Lipinski definition) is 4. The first-order chi connectivity index (χ1) is 5.76. The number of hydrogen-bond donors (Lipinski definition) is 1. The number of carbonyl (C=O) groups is 1. The third kappa shape index (κ3) is 3.98. The van der Waals surface area contributed by atoms with Gasteiger partial charge in [0.1, 0.15) is 6.61 Å². The van der Waals surface area contributed by atoms with E-state index in [0.717, 1.165) is 0 Å². The Morgan fingerprint density at radius 1 is 1.58 bits per heavy atom. The Hall–Kier alpha value is -1.03. The molecular formula is C8H14O4. The predicted octanol–water partition coefficient (Wildman–Crippen LogP) is 0.462. The van der Waals surface area contributed by atoms with Gasteiger partial charge in [0.2, 0.25) is 0 Å². The van der Waals surface area contributed by atoms with Gasteiger partial charge in [0.15, 0.2) is 0 Å². The van der Waals surface area contributed by atoms with Crippen LogP contribution in [-0.4, -0.2) is 31.4 Å². The van der Waals surface area contributed by atoms with E-state index in [4.69, 9.17) is 9.84 Å². The zero-order valence-corrected chi connectivity index (χ0v) is 7.37. The van der Waals surface area contributed by atoms with Crippen molar-refractivity contribution in [2.24, 2.45) is 0 Å². The molecule has 70 valence electrons. The second-order valence-electron chi connectivity index (χ2n) is 2.08. The molecule has 0 aromatic rings. The van der Waals surface area contributed by atoms with E-state index in [1.807, 2.05) is 6.92 Å². The molecule has 4 nitrogen and oxygen atoms in total. The fourth-order valence-corrected chi connectivity index (χ4v) is 0.619. The lowest BCUT2D eigenvalue weighted by Crippen LogP contribution is -2.05. The molecular weight excluding hydrogens is 160 g/mol. The molecule has 0 amide bonds. The van der Waals surface area contributed by atoms with Crippen LogP contribution < -0.4 is 0 Å². The minimum atomic E-state index is -0.393. The average Bonchev–Trinajstić information content (AvgIpc) is 2.11. The Bertz CT molecular complexity index is 162. The van der Waals surface area contributed by atoms with Crippen molar-refractivity contribution >= 4 is 5.97 Å². The van der Waals surface area contributed by atoms with Crippen LogP contribution in [0.2, 0.25) is 0 Å². The van der Waals surface area contributed by atoms with E-state index in [-0.39, 0.29) is 13.2 Å². The molecule has 0 radical (unpaired) electrons. The van der Waals surface area contributed by atoms with Crippen molar-refractivity contribution in [3.05, 3.63) is 11.8 Å². The highest BCUT2D eigenvalue weighted by atomic mass is 16.5. The number of aliphatic hydroxyl groups excluding tert-OH is 1. The summed E-state index contributed by atoms with van der Waals surface area (Å²) in [5.74, 6) is -0.393. The molecule has 0 saturated heterocycles. The van der Waals surface area contributed by atoms with Crippen molar-refractivity contribution in [3.63, 3.8) is 0 Å². The van der Waals surface area contributed by atoms with E-state index < -0.39 is 5.97 Å². The Balaban J connectivity index is 3.95. The van der Waals surface area contributed by atoms with Crippen molar-refractivity contribution in [2.75, 3.05) is 20.3 Å². The van der Waals surface area contributed by atoms with Gasteiger partial charge in [0.25, 0.3) is 0 Å². The van der Waals surface area contributed by atoms with Gasteiger partial charge >= 0.3 is 5.97 Å². The molecule has 0 fully saturated rings. The summed E-state index contributed by atoms with van der Waals surface area (Å²) < 4.78 is 9.33. The second kappa shape index (κ2) is 6.67. The number of aliphatic hydroxyl groups is 1. The first kappa shape index (κ1) is 11.0. The number of esters is 1. The van der Waals surface area contributed by atoms with Crippen LogP contribution in [0, 0.1) is 0 Å². The lowest BCUT2D eigenvalue weighted by Gasteiger charge is -2.02. The lowest BCUT2D eigenvalue weighted by molar-refractivity contribution is -0.136. The second-order valence-corrected chi connectivity index (χ2v) is 2.08. The van der Waals surface area contributed by atoms with E-state index in [2.05, 4.69) is 4.74 Å². The van der Waals surface area contributed by atoms with Crippen molar-refractivity contribution in [1.82, 2.24) is 0 Å². The fraction of sp³-hybridized carbons (Fsp3) is 0.625. The van der Waals surface area contributed by atoms with Crippen LogP contribution in [0.1, 0.15) is 13.3 Å². The van der Waals surface area contributed by atoms with Crippen molar-refractivity contribution in [2.45, 2.75) is 13.3 Å². The Morgan fingerprint density at radius 2 is 2.25 bits per heavy atom. The predicted molar refractivity (Wildman–Crippen MR) is 43.4 cm³/mol. The van der Waals surface area contributed by atoms with E-state index in [0.29, 0.717) is 12.0 Å². The lowest BCUT2D eigenvalue weighted by atomic mass is 10.2. The van der Waals surface area contributed by atoms with E-state index >= 15 is 0 Å². The summed E-state index contributed by atoms with van der Waals surface area (Å²) in [5.41, 5.74) is 0.464. The van der Waals surface area contributed by atoms with Gasteiger partial charge in [0, 0.05) is 0 Å². The van der Waals surface area contributed by atoms with Gasteiger partial charge in [-0.3, -0.25) is 0 Å². The fourth-order valence-electron chi connectivity index (χ4n) is 0.619. The van der Waals surface area contributed by atoms with Gasteiger partial charge in [-0.2, -0.15) is 0 Å². The maximum Gasteiger partial charge on any atom is 0.336 e. The summed E-state index contributed by atoms with van der Waals surface area (Å²) in [6, 6.07) is 0. The third-order valence-corrected chi connectivity index (χ3v) is 1.26. The molecule has 0 atom stereocenters. The number of methoxy groups -OCH3 is 1. The summed E-state index contributed by atoms with van der Waals surface area (Å²) >= 11 is 0. The molecule has 0 aliphatic carbocycles. The first-order valence-electron chi connectivity index (χ1n) is 3.76. The summed E-state index contributed by atoms with van der Waals surface area (Å²) in [7, 11) is 1.32. The van der Waals surface area contributed by atoms with Crippen LogP contribution in [0.15, 0.2) is 11.8 Å². The minimum absolute atomic E-state index is 0.0608. The molecule has 1 N–H and O–H groups in total. The van der Waals surface area contributed by atoms with Crippen LogP contribution in [-0.2, 0) is 14.3 Å². The average molecular weight is 174 g/mol. The molecule has 0 bridgehead atoms. The highest BCUT2D eigenvalue weighted by Gasteiger charge is 2.06. The highest BCUT2D eigenvalue weighted by molar-refractivity contribution is 5.87. The minimum Gasteiger partial charge on any atom is -0.498 e. The van der Waals surface area contributed by atoms with Crippen LogP contribution in [0.4, 0.5) is 0 Å². The molecule has 0 aliphatic heterocycles. The maximum atomic E-state index is 10.9. The van der Waals surface area contributed by atoms with Gasteiger partial charge in [-0.25, -0.2) is 4.79 Å². The molecule has 0 aromatic carbocycles. The van der Waals surface area contributed by atoms with Gasteiger partial charge in [-0.1, -0.05) is 6.92 Å². The standard InChI is InChI=1S/C8H14O4/c1-3-7(8(10)11-2)6-12-5-4-9/h6,9H,3-5H2,1-2H3. The maximum absolute atomic E-state index is 10.9. The molecule has 12 heavy (non-hydrogen) atoms. The quantitative estimate of drug-likeness (QED) is 0.285. The third-order valence-electron chi connectivity index (χ3n) is 1.26. The largest absolute Gasteiger partial charge is 0.498 e. The smallest absolute Gasteiger partial charge is 0.336 e. The van der Waals surface area contributed by atoms with Crippen molar-refractivity contribution in [3.8, 4) is 0 Å². The first-order valence-corrected chi connectivity index (χ1v) is 3.76. The topological polar surface area (TPSA) is 55.8 Å². The molecule has 0 saturated carbocycles. The zero-order valence-electron chi connectivity index (χ0n) is 7.37. The summed E-state index contributed by atoms with van der Waals surface area (Å²) in [4.78, 5) is 10.9. The highest BCUT2D eigenvalue weighted by Crippen LogP contribution is 2.02. The molecule has 4 heteroatoms. The van der Waals surface area contributed by atoms with Crippen LogP contribution in [0.3, 0.4) is 0 Å². The van der Waals surface area contributed by atoms with Gasteiger partial charge in [-0.15, -0.1) is 0 Å². The van der Waals surface area contributed by atoms with Crippen LogP contribution in [0.5, 0.6) is 0 Å². The van der Waals surface area contributed by atoms with Crippen LogP contribution in [0.25, 0.3) is 0 Å². The molecule has 0 spiro atoms. The van der Waals surface area contributed by atoms with Gasteiger partial charge in [-0.05, 0) is 6.42 Å². The molecule has 0 heterocycles. The SMILES string of the molecule is CCC(=COCCO)C(=O)OC. The van der Waals surface area contributed by atoms with E-state index in [9.17, 15) is 4.79 Å². The molecule has 0 aliphatic rings. The van der Waals surface area contributed by atoms with E-state index in [1.165, 1.54) is 13.4 Å². The van der Waals surface area contributed by atoms with Gasteiger partial charge in [0.05, 0.1) is 25.6 Å². The Labute approximate surface area is 71.8 Å². The molecule has 0 unspecified atom stereocenters. The molecule has 0 rings (SSSR count). The summed E-state index contributed by atoms with van der Waals surface area (Å²) in [6.45, 7) is 1.96. The summed E-state index contributed by atoms with van der Waals surface area (Å²) in [6.07, 6.45) is 1.88. The van der Waals surface area contributed by atoms with Gasteiger partial charge < -0.3 is 14.6 Å². The van der Waals surface area contributed by atoms with E-state index in [1.54, 1.807) is 0 Å². The zero-order chi connectivity index (χ0) is 9.40. The van der Waals surface area contributed by atoms with Crippen LogP contribution >= 0.6 is 0 Å².